The number of fused-ring (bicyclic) bond motifs is 1. The molecule has 1 aromatic carbocycles. The van der Waals surface area contributed by atoms with Crippen molar-refractivity contribution in [3.63, 3.8) is 0 Å². The normalized spacial score (nSPS) is 15.4. The van der Waals surface area contributed by atoms with Gasteiger partial charge in [-0.15, -0.1) is 0 Å². The summed E-state index contributed by atoms with van der Waals surface area (Å²) in [4.78, 5) is 24.8. The summed E-state index contributed by atoms with van der Waals surface area (Å²) in [6.07, 6.45) is 5.56. The molecule has 0 radical (unpaired) electrons. The van der Waals surface area contributed by atoms with E-state index < -0.39 is 5.63 Å². The van der Waals surface area contributed by atoms with Crippen LogP contribution in [0.3, 0.4) is 0 Å². The van der Waals surface area contributed by atoms with Crippen LogP contribution in [0.25, 0.3) is 11.0 Å². The van der Waals surface area contributed by atoms with Crippen molar-refractivity contribution in [2.24, 2.45) is 0 Å². The fraction of sp³-hybridized carbons (Fsp3) is 0.444. The van der Waals surface area contributed by atoms with Crippen LogP contribution >= 0.6 is 11.8 Å². The molecule has 0 saturated heterocycles. The summed E-state index contributed by atoms with van der Waals surface area (Å²) in [5.41, 5.74) is -0.205. The van der Waals surface area contributed by atoms with E-state index in [-0.39, 0.29) is 10.7 Å². The van der Waals surface area contributed by atoms with E-state index in [2.05, 4.69) is 0 Å². The minimum absolute atomic E-state index is 0.0709. The van der Waals surface area contributed by atoms with Gasteiger partial charge in [-0.25, -0.2) is 4.79 Å². The van der Waals surface area contributed by atoms with Crippen molar-refractivity contribution in [3.8, 4) is 11.5 Å². The Hall–Kier alpha value is -1.95. The number of thioether (sulfide) groups is 1. The highest BCUT2D eigenvalue weighted by atomic mass is 32.2. The maximum absolute atomic E-state index is 12.5. The van der Waals surface area contributed by atoms with E-state index in [9.17, 15) is 9.59 Å². The number of rotatable bonds is 4. The van der Waals surface area contributed by atoms with E-state index in [1.807, 2.05) is 0 Å². The van der Waals surface area contributed by atoms with Crippen molar-refractivity contribution in [1.29, 1.82) is 0 Å². The van der Waals surface area contributed by atoms with E-state index in [4.69, 9.17) is 13.9 Å². The molecule has 0 atom stereocenters. The zero-order valence-corrected chi connectivity index (χ0v) is 14.6. The van der Waals surface area contributed by atoms with E-state index in [0.717, 1.165) is 25.7 Å². The predicted octanol–water partition coefficient (Wildman–Crippen LogP) is 4.02. The average molecular weight is 348 g/mol. The lowest BCUT2D eigenvalue weighted by Crippen LogP contribution is -2.16. The summed E-state index contributed by atoms with van der Waals surface area (Å²) < 4.78 is 15.8. The number of ether oxygens (including phenoxy) is 2. The predicted molar refractivity (Wildman–Crippen MR) is 94.4 cm³/mol. The lowest BCUT2D eigenvalue weighted by Gasteiger charge is -2.19. The molecule has 0 bridgehead atoms. The fourth-order valence-electron chi connectivity index (χ4n) is 2.99. The molecule has 1 heterocycles. The van der Waals surface area contributed by atoms with Crippen molar-refractivity contribution < 1.29 is 18.7 Å². The largest absolute Gasteiger partial charge is 0.496 e. The van der Waals surface area contributed by atoms with Crippen LogP contribution in [-0.4, -0.2) is 24.6 Å². The third kappa shape index (κ3) is 3.43. The average Bonchev–Trinajstić information content (AvgIpc) is 2.60. The molecule has 1 aliphatic rings. The highest BCUT2D eigenvalue weighted by molar-refractivity contribution is 8.14. The molecular formula is C18H20O5S. The molecule has 3 rings (SSSR count). The molecule has 0 spiro atoms. The van der Waals surface area contributed by atoms with Gasteiger partial charge in [0.2, 0.25) is 5.12 Å². The molecule has 1 saturated carbocycles. The maximum Gasteiger partial charge on any atom is 0.348 e. The Kier molecular flexibility index (Phi) is 5.14. The van der Waals surface area contributed by atoms with Crippen molar-refractivity contribution in [1.82, 2.24) is 0 Å². The highest BCUT2D eigenvalue weighted by Crippen LogP contribution is 2.33. The van der Waals surface area contributed by atoms with Gasteiger partial charge in [-0.3, -0.25) is 4.79 Å². The van der Waals surface area contributed by atoms with Gasteiger partial charge in [0, 0.05) is 17.4 Å². The zero-order valence-electron chi connectivity index (χ0n) is 13.8. The fourth-order valence-corrected chi connectivity index (χ4v) is 4.13. The van der Waals surface area contributed by atoms with Crippen LogP contribution in [0.15, 0.2) is 27.4 Å². The second-order valence-electron chi connectivity index (χ2n) is 5.85. The van der Waals surface area contributed by atoms with Gasteiger partial charge in [-0.1, -0.05) is 31.0 Å². The van der Waals surface area contributed by atoms with Gasteiger partial charge in [-0.2, -0.15) is 0 Å². The zero-order chi connectivity index (χ0) is 17.1. The lowest BCUT2D eigenvalue weighted by molar-refractivity contribution is 0.108. The molecule has 5 nitrogen and oxygen atoms in total. The Morgan fingerprint density at radius 1 is 1.12 bits per heavy atom. The van der Waals surface area contributed by atoms with Crippen LogP contribution in [0.2, 0.25) is 0 Å². The number of benzene rings is 1. The summed E-state index contributed by atoms with van der Waals surface area (Å²) in [7, 11) is 3.05. The Balaban J connectivity index is 1.97. The van der Waals surface area contributed by atoms with Crippen molar-refractivity contribution in [2.45, 2.75) is 37.4 Å². The summed E-state index contributed by atoms with van der Waals surface area (Å²) in [6.45, 7) is 0. The van der Waals surface area contributed by atoms with Crippen LogP contribution in [0.1, 0.15) is 42.5 Å². The molecule has 2 aromatic rings. The topological polar surface area (TPSA) is 65.7 Å². The highest BCUT2D eigenvalue weighted by Gasteiger charge is 2.22. The first-order valence-corrected chi connectivity index (χ1v) is 8.91. The minimum atomic E-state index is -0.619. The monoisotopic (exact) mass is 348 g/mol. The molecule has 1 aliphatic carbocycles. The molecule has 1 aromatic heterocycles. The first-order valence-electron chi connectivity index (χ1n) is 8.03. The molecule has 0 amide bonds. The summed E-state index contributed by atoms with van der Waals surface area (Å²) in [5, 5.41) is 0.653. The van der Waals surface area contributed by atoms with E-state index in [1.54, 1.807) is 18.2 Å². The lowest BCUT2D eigenvalue weighted by atomic mass is 10.0. The van der Waals surface area contributed by atoms with Crippen LogP contribution in [0.4, 0.5) is 0 Å². The number of carbonyl (C=O) groups excluding carboxylic acids is 1. The van der Waals surface area contributed by atoms with Gasteiger partial charge in [0.15, 0.2) is 0 Å². The molecule has 1 fully saturated rings. The summed E-state index contributed by atoms with van der Waals surface area (Å²) in [5.74, 6) is 1.03. The van der Waals surface area contributed by atoms with Crippen molar-refractivity contribution >= 4 is 27.8 Å². The van der Waals surface area contributed by atoms with Crippen LogP contribution in [0.5, 0.6) is 11.5 Å². The van der Waals surface area contributed by atoms with E-state index >= 15 is 0 Å². The molecule has 128 valence electrons. The second-order valence-corrected chi connectivity index (χ2v) is 7.13. The van der Waals surface area contributed by atoms with Gasteiger partial charge in [-0.05, 0) is 18.9 Å². The Morgan fingerprint density at radius 2 is 1.88 bits per heavy atom. The standard InChI is InChI=1S/C18H20O5S/c1-21-11-8-15(22-2)13-10-14(17(19)23-16(13)9-11)18(20)24-12-6-4-3-5-7-12/h8-10,12H,3-7H2,1-2H3. The van der Waals surface area contributed by atoms with E-state index in [1.165, 1.54) is 32.4 Å². The van der Waals surface area contributed by atoms with Crippen LogP contribution < -0.4 is 15.1 Å². The number of methoxy groups -OCH3 is 2. The van der Waals surface area contributed by atoms with Gasteiger partial charge >= 0.3 is 5.63 Å². The SMILES string of the molecule is COc1cc(OC)c2cc(C(=O)SC3CCCCC3)c(=O)oc2c1. The van der Waals surface area contributed by atoms with Crippen LogP contribution in [-0.2, 0) is 0 Å². The Morgan fingerprint density at radius 3 is 2.54 bits per heavy atom. The van der Waals surface area contributed by atoms with E-state index in [0.29, 0.717) is 27.7 Å². The van der Waals surface area contributed by atoms with Gasteiger partial charge in [0.05, 0.1) is 19.6 Å². The Labute approximate surface area is 144 Å². The third-order valence-corrected chi connectivity index (χ3v) is 5.53. The molecular weight excluding hydrogens is 328 g/mol. The van der Waals surface area contributed by atoms with Crippen LogP contribution in [0, 0.1) is 0 Å². The minimum Gasteiger partial charge on any atom is -0.496 e. The van der Waals surface area contributed by atoms with Gasteiger partial charge in [0.1, 0.15) is 22.6 Å². The van der Waals surface area contributed by atoms with Crippen molar-refractivity contribution in [2.75, 3.05) is 14.2 Å². The first-order chi connectivity index (χ1) is 11.6. The molecule has 0 N–H and O–H groups in total. The number of hydrogen-bond acceptors (Lipinski definition) is 6. The third-order valence-electron chi connectivity index (χ3n) is 4.29. The number of carbonyl (C=O) groups is 1. The number of hydrogen-bond donors (Lipinski definition) is 0. The molecule has 0 aliphatic heterocycles. The molecule has 24 heavy (non-hydrogen) atoms. The van der Waals surface area contributed by atoms with Gasteiger partial charge in [0.25, 0.3) is 0 Å². The smallest absolute Gasteiger partial charge is 0.348 e. The van der Waals surface area contributed by atoms with Gasteiger partial charge < -0.3 is 13.9 Å². The maximum atomic E-state index is 12.5. The first kappa shape index (κ1) is 16.9. The molecule has 6 heteroatoms. The molecule has 0 unspecified atom stereocenters. The summed E-state index contributed by atoms with van der Waals surface area (Å²) in [6, 6.07) is 4.88. The van der Waals surface area contributed by atoms with Crippen molar-refractivity contribution in [3.05, 3.63) is 34.2 Å². The quantitative estimate of drug-likeness (QED) is 0.778. The second kappa shape index (κ2) is 7.30. The summed E-state index contributed by atoms with van der Waals surface area (Å²) >= 11 is 1.25. The Bertz CT molecular complexity index is 805.